The Bertz CT molecular complexity index is 369. The zero-order chi connectivity index (χ0) is 11.6. The van der Waals surface area contributed by atoms with Gasteiger partial charge in [0.2, 0.25) is 0 Å². The number of anilines is 1. The SMILES string of the molecule is NCc1c(N)ncc(I)c1OC(F)(F)F. The molecule has 0 saturated carbocycles. The zero-order valence-electron chi connectivity index (χ0n) is 7.31. The van der Waals surface area contributed by atoms with E-state index in [1.165, 1.54) is 6.20 Å². The van der Waals surface area contributed by atoms with Gasteiger partial charge in [0.05, 0.1) is 9.13 Å². The van der Waals surface area contributed by atoms with Crippen molar-refractivity contribution < 1.29 is 17.9 Å². The highest BCUT2D eigenvalue weighted by Gasteiger charge is 2.33. The van der Waals surface area contributed by atoms with Crippen molar-refractivity contribution in [3.05, 3.63) is 15.3 Å². The molecule has 0 unspecified atom stereocenters. The molecule has 1 aromatic heterocycles. The summed E-state index contributed by atoms with van der Waals surface area (Å²) in [5, 5.41) is 0. The summed E-state index contributed by atoms with van der Waals surface area (Å²) in [6.07, 6.45) is -3.58. The predicted molar refractivity (Wildman–Crippen MR) is 55.9 cm³/mol. The summed E-state index contributed by atoms with van der Waals surface area (Å²) in [5.41, 5.74) is 10.7. The Balaban J connectivity index is 3.20. The number of alkyl halides is 3. The number of ether oxygens (including phenoxy) is 1. The Morgan fingerprint density at radius 1 is 1.47 bits per heavy atom. The third kappa shape index (κ3) is 3.09. The zero-order valence-corrected chi connectivity index (χ0v) is 9.46. The predicted octanol–water partition coefficient (Wildman–Crippen LogP) is 1.63. The Labute approximate surface area is 96.9 Å². The maximum atomic E-state index is 12.0. The summed E-state index contributed by atoms with van der Waals surface area (Å²) in [4.78, 5) is 3.68. The van der Waals surface area contributed by atoms with Crippen LogP contribution < -0.4 is 16.2 Å². The van der Waals surface area contributed by atoms with Gasteiger partial charge in [-0.05, 0) is 22.6 Å². The van der Waals surface area contributed by atoms with Gasteiger partial charge in [-0.3, -0.25) is 0 Å². The van der Waals surface area contributed by atoms with E-state index in [9.17, 15) is 13.2 Å². The monoisotopic (exact) mass is 333 g/mol. The molecule has 0 spiro atoms. The molecule has 1 heterocycles. The Morgan fingerprint density at radius 3 is 2.53 bits per heavy atom. The average Bonchev–Trinajstić information content (AvgIpc) is 2.10. The molecule has 0 aliphatic heterocycles. The van der Waals surface area contributed by atoms with Gasteiger partial charge in [0, 0.05) is 12.7 Å². The summed E-state index contributed by atoms with van der Waals surface area (Å²) >= 11 is 1.67. The summed E-state index contributed by atoms with van der Waals surface area (Å²) in [6, 6.07) is 0. The largest absolute Gasteiger partial charge is 0.573 e. The summed E-state index contributed by atoms with van der Waals surface area (Å²) < 4.78 is 40.2. The molecule has 1 rings (SSSR count). The maximum Gasteiger partial charge on any atom is 0.573 e. The minimum Gasteiger partial charge on any atom is -0.404 e. The van der Waals surface area contributed by atoms with Gasteiger partial charge < -0.3 is 16.2 Å². The lowest BCUT2D eigenvalue weighted by Crippen LogP contribution is -2.20. The van der Waals surface area contributed by atoms with Crippen molar-refractivity contribution in [1.82, 2.24) is 4.98 Å². The third-order valence-corrected chi connectivity index (χ3v) is 2.31. The van der Waals surface area contributed by atoms with E-state index in [0.717, 1.165) is 0 Å². The third-order valence-electron chi connectivity index (χ3n) is 1.54. The topological polar surface area (TPSA) is 74.2 Å². The first-order chi connectivity index (χ1) is 6.85. The van der Waals surface area contributed by atoms with Crippen molar-refractivity contribution in [2.75, 3.05) is 5.73 Å². The molecule has 0 atom stereocenters. The van der Waals surface area contributed by atoms with E-state index in [2.05, 4.69) is 9.72 Å². The number of halogens is 4. The van der Waals surface area contributed by atoms with Gasteiger partial charge in [0.25, 0.3) is 0 Å². The molecule has 15 heavy (non-hydrogen) atoms. The van der Waals surface area contributed by atoms with E-state index in [-0.39, 0.29) is 27.2 Å². The Morgan fingerprint density at radius 2 is 2.07 bits per heavy atom. The summed E-state index contributed by atoms with van der Waals surface area (Å²) in [5.74, 6) is -0.435. The molecule has 4 nitrogen and oxygen atoms in total. The molecule has 0 fully saturated rings. The first-order valence-corrected chi connectivity index (χ1v) is 4.81. The van der Waals surface area contributed by atoms with Crippen molar-refractivity contribution in [2.45, 2.75) is 12.9 Å². The molecule has 84 valence electrons. The lowest BCUT2D eigenvalue weighted by Gasteiger charge is -2.14. The molecule has 0 saturated heterocycles. The number of aromatic nitrogens is 1. The van der Waals surface area contributed by atoms with Crippen LogP contribution in [0.25, 0.3) is 0 Å². The lowest BCUT2D eigenvalue weighted by molar-refractivity contribution is -0.275. The molecule has 0 amide bonds. The molecule has 4 N–H and O–H groups in total. The van der Waals surface area contributed by atoms with Gasteiger partial charge in [-0.2, -0.15) is 0 Å². The molecular formula is C7H7F3IN3O. The van der Waals surface area contributed by atoms with Crippen LogP contribution in [0.1, 0.15) is 5.56 Å². The van der Waals surface area contributed by atoms with E-state index in [1.54, 1.807) is 22.6 Å². The van der Waals surface area contributed by atoms with Gasteiger partial charge in [-0.1, -0.05) is 0 Å². The molecule has 0 aliphatic carbocycles. The molecular weight excluding hydrogens is 326 g/mol. The van der Waals surface area contributed by atoms with Crippen molar-refractivity contribution in [1.29, 1.82) is 0 Å². The number of nitrogens with two attached hydrogens (primary N) is 2. The normalized spacial score (nSPS) is 11.5. The first kappa shape index (κ1) is 12.3. The van der Waals surface area contributed by atoms with Crippen LogP contribution in [-0.4, -0.2) is 11.3 Å². The number of nitrogen functional groups attached to an aromatic ring is 1. The summed E-state index contributed by atoms with van der Waals surface area (Å²) in [7, 11) is 0. The highest BCUT2D eigenvalue weighted by atomic mass is 127. The second-order valence-electron chi connectivity index (χ2n) is 2.55. The van der Waals surface area contributed by atoms with Gasteiger partial charge in [0.15, 0.2) is 5.75 Å². The number of rotatable bonds is 2. The highest BCUT2D eigenvalue weighted by Crippen LogP contribution is 2.32. The number of pyridine rings is 1. The second-order valence-corrected chi connectivity index (χ2v) is 3.71. The molecule has 0 radical (unpaired) electrons. The van der Waals surface area contributed by atoms with E-state index < -0.39 is 6.36 Å². The highest BCUT2D eigenvalue weighted by molar-refractivity contribution is 14.1. The van der Waals surface area contributed by atoms with Crippen molar-refractivity contribution in [2.24, 2.45) is 5.73 Å². The van der Waals surface area contributed by atoms with Gasteiger partial charge in [-0.25, -0.2) is 4.98 Å². The van der Waals surface area contributed by atoms with Crippen LogP contribution in [0.3, 0.4) is 0 Å². The van der Waals surface area contributed by atoms with Crippen LogP contribution in [0.2, 0.25) is 0 Å². The Hall–Kier alpha value is -0.770. The number of nitrogens with zero attached hydrogens (tertiary/aromatic N) is 1. The van der Waals surface area contributed by atoms with Crippen LogP contribution in [0.15, 0.2) is 6.20 Å². The van der Waals surface area contributed by atoms with E-state index in [4.69, 9.17) is 11.5 Å². The molecule has 0 bridgehead atoms. The van der Waals surface area contributed by atoms with Crippen molar-refractivity contribution in [3.8, 4) is 5.75 Å². The van der Waals surface area contributed by atoms with Crippen molar-refractivity contribution in [3.63, 3.8) is 0 Å². The second kappa shape index (κ2) is 4.39. The number of hydrogen-bond acceptors (Lipinski definition) is 4. The fourth-order valence-electron chi connectivity index (χ4n) is 0.947. The molecule has 0 aliphatic rings. The smallest absolute Gasteiger partial charge is 0.404 e. The van der Waals surface area contributed by atoms with Crippen molar-refractivity contribution >= 4 is 28.4 Å². The minimum atomic E-state index is -4.77. The molecule has 1 aromatic rings. The standard InChI is InChI=1S/C7H7F3IN3O/c8-7(9,10)15-5-3(1-12)6(13)14-2-4(5)11/h2H,1,12H2,(H2,13,14). The minimum absolute atomic E-state index is 0.0548. The van der Waals surface area contributed by atoms with E-state index in [0.29, 0.717) is 0 Å². The van der Waals surface area contributed by atoms with Crippen LogP contribution >= 0.6 is 22.6 Å². The average molecular weight is 333 g/mol. The summed E-state index contributed by atoms with van der Waals surface area (Å²) in [6.45, 7) is -0.166. The first-order valence-electron chi connectivity index (χ1n) is 3.74. The quantitative estimate of drug-likeness (QED) is 0.807. The molecule has 8 heteroatoms. The van der Waals surface area contributed by atoms with Crippen LogP contribution in [0, 0.1) is 3.57 Å². The van der Waals surface area contributed by atoms with Gasteiger partial charge >= 0.3 is 6.36 Å². The van der Waals surface area contributed by atoms with Crippen LogP contribution in [0.5, 0.6) is 5.75 Å². The van der Waals surface area contributed by atoms with E-state index >= 15 is 0 Å². The maximum absolute atomic E-state index is 12.0. The van der Waals surface area contributed by atoms with Crippen LogP contribution in [0.4, 0.5) is 19.0 Å². The van der Waals surface area contributed by atoms with Crippen LogP contribution in [-0.2, 0) is 6.54 Å². The molecule has 0 aromatic carbocycles. The van der Waals surface area contributed by atoms with Gasteiger partial charge in [-0.15, -0.1) is 13.2 Å². The number of hydrogen-bond donors (Lipinski definition) is 2. The lowest BCUT2D eigenvalue weighted by atomic mass is 10.2. The van der Waals surface area contributed by atoms with E-state index in [1.807, 2.05) is 0 Å². The fraction of sp³-hybridized carbons (Fsp3) is 0.286. The van der Waals surface area contributed by atoms with Gasteiger partial charge in [0.1, 0.15) is 5.82 Å². The Kier molecular flexibility index (Phi) is 3.60. The fourth-order valence-corrected chi connectivity index (χ4v) is 1.52.